The molecule has 0 aromatic heterocycles. The lowest BCUT2D eigenvalue weighted by Crippen LogP contribution is -2.25. The van der Waals surface area contributed by atoms with E-state index in [0.29, 0.717) is 6.42 Å². The van der Waals surface area contributed by atoms with E-state index in [9.17, 15) is 5.11 Å². The first-order valence-corrected chi connectivity index (χ1v) is 3.93. The normalized spacial score (nSPS) is 21.8. The lowest BCUT2D eigenvalue weighted by Gasteiger charge is -2.18. The van der Waals surface area contributed by atoms with Crippen LogP contribution in [-0.2, 0) is 0 Å². The number of aliphatic hydroxyl groups excluding tert-OH is 1. The molecule has 0 amide bonds. The van der Waals surface area contributed by atoms with Crippen molar-refractivity contribution in [3.63, 3.8) is 0 Å². The zero-order valence-corrected chi connectivity index (χ0v) is 6.59. The van der Waals surface area contributed by atoms with Crippen LogP contribution >= 0.6 is 0 Å². The highest BCUT2D eigenvalue weighted by Crippen LogP contribution is 2.19. The second kappa shape index (κ2) is 2.95. The maximum absolute atomic E-state index is 9.44. The Bertz CT molecular complexity index is 284. The Balaban J connectivity index is 2.25. The maximum Gasteiger partial charge on any atom is 0.152 e. The smallest absolute Gasteiger partial charge is 0.152 e. The van der Waals surface area contributed by atoms with Gasteiger partial charge in [0.1, 0.15) is 0 Å². The Labute approximate surface area is 70.9 Å². The Morgan fingerprint density at radius 3 is 2.67 bits per heavy atom. The highest BCUT2D eigenvalue weighted by molar-refractivity contribution is 5.65. The molecule has 2 rings (SSSR count). The average Bonchev–Trinajstić information content (AvgIpc) is 2.53. The maximum atomic E-state index is 9.44. The van der Waals surface area contributed by atoms with E-state index < -0.39 is 6.23 Å². The van der Waals surface area contributed by atoms with Crippen LogP contribution in [0.3, 0.4) is 0 Å². The fraction of sp³-hybridized carbons (Fsp3) is 0.222. The second-order valence-corrected chi connectivity index (χ2v) is 2.69. The predicted molar refractivity (Wildman–Crippen MR) is 48.0 cm³/mol. The number of hydrazone groups is 1. The van der Waals surface area contributed by atoms with Crippen LogP contribution in [0, 0.1) is 0 Å². The summed E-state index contributed by atoms with van der Waals surface area (Å²) in [5.74, 6) is 0. The average molecular weight is 162 g/mol. The van der Waals surface area contributed by atoms with Gasteiger partial charge in [0.05, 0.1) is 5.69 Å². The van der Waals surface area contributed by atoms with E-state index in [1.165, 1.54) is 0 Å². The first-order chi connectivity index (χ1) is 5.88. The van der Waals surface area contributed by atoms with Crippen molar-refractivity contribution >= 4 is 11.9 Å². The fourth-order valence-corrected chi connectivity index (χ4v) is 1.23. The third kappa shape index (κ3) is 1.19. The standard InChI is InChI=1S/C9H10N2O/c12-9-6-7-10-11(9)8-4-2-1-3-5-8/h1-5,7,9,12H,6H2. The highest BCUT2D eigenvalue weighted by atomic mass is 16.3. The van der Waals surface area contributed by atoms with E-state index in [2.05, 4.69) is 5.10 Å². The van der Waals surface area contributed by atoms with Gasteiger partial charge in [-0.05, 0) is 12.1 Å². The van der Waals surface area contributed by atoms with Crippen LogP contribution in [0.5, 0.6) is 0 Å². The van der Waals surface area contributed by atoms with Gasteiger partial charge in [0.15, 0.2) is 6.23 Å². The minimum atomic E-state index is -0.493. The summed E-state index contributed by atoms with van der Waals surface area (Å²) < 4.78 is 0. The summed E-state index contributed by atoms with van der Waals surface area (Å²) in [6.45, 7) is 0. The number of hydrogen-bond acceptors (Lipinski definition) is 3. The SMILES string of the molecule is OC1CC=NN1c1ccccc1. The van der Waals surface area contributed by atoms with Gasteiger partial charge in [-0.25, -0.2) is 5.01 Å². The van der Waals surface area contributed by atoms with E-state index in [4.69, 9.17) is 0 Å². The quantitative estimate of drug-likeness (QED) is 0.673. The minimum Gasteiger partial charge on any atom is -0.371 e. The van der Waals surface area contributed by atoms with Crippen molar-refractivity contribution in [1.82, 2.24) is 0 Å². The molecule has 1 aromatic carbocycles. The molecule has 1 aromatic rings. The van der Waals surface area contributed by atoms with Crippen molar-refractivity contribution in [3.05, 3.63) is 30.3 Å². The molecule has 1 heterocycles. The summed E-state index contributed by atoms with van der Waals surface area (Å²) >= 11 is 0. The molecule has 1 aliphatic rings. The summed E-state index contributed by atoms with van der Waals surface area (Å²) in [6.07, 6.45) is 1.83. The molecule has 0 saturated heterocycles. The molecule has 0 spiro atoms. The Morgan fingerprint density at radius 2 is 2.08 bits per heavy atom. The summed E-state index contributed by atoms with van der Waals surface area (Å²) in [4.78, 5) is 0. The van der Waals surface area contributed by atoms with Crippen LogP contribution in [0.25, 0.3) is 0 Å². The Kier molecular flexibility index (Phi) is 1.80. The molecule has 1 atom stereocenters. The molecule has 1 unspecified atom stereocenters. The van der Waals surface area contributed by atoms with Crippen LogP contribution < -0.4 is 5.01 Å². The molecule has 0 aliphatic carbocycles. The van der Waals surface area contributed by atoms with E-state index in [1.807, 2.05) is 30.3 Å². The van der Waals surface area contributed by atoms with Gasteiger partial charge in [0, 0.05) is 12.6 Å². The Morgan fingerprint density at radius 1 is 1.33 bits per heavy atom. The molecule has 12 heavy (non-hydrogen) atoms. The first-order valence-electron chi connectivity index (χ1n) is 3.93. The van der Waals surface area contributed by atoms with Crippen LogP contribution in [-0.4, -0.2) is 17.5 Å². The summed E-state index contributed by atoms with van der Waals surface area (Å²) in [6, 6.07) is 9.64. The predicted octanol–water partition coefficient (Wildman–Crippen LogP) is 1.20. The molecule has 0 bridgehead atoms. The topological polar surface area (TPSA) is 35.8 Å². The number of nitrogens with zero attached hydrogens (tertiary/aromatic N) is 2. The van der Waals surface area contributed by atoms with Crippen LogP contribution in [0.1, 0.15) is 6.42 Å². The number of para-hydroxylation sites is 1. The molecule has 0 fully saturated rings. The van der Waals surface area contributed by atoms with Crippen molar-refractivity contribution in [1.29, 1.82) is 0 Å². The molecular weight excluding hydrogens is 152 g/mol. The Hall–Kier alpha value is -1.35. The van der Waals surface area contributed by atoms with Crippen molar-refractivity contribution < 1.29 is 5.11 Å². The monoisotopic (exact) mass is 162 g/mol. The number of anilines is 1. The lowest BCUT2D eigenvalue weighted by molar-refractivity contribution is 0.187. The molecule has 62 valence electrons. The van der Waals surface area contributed by atoms with Gasteiger partial charge < -0.3 is 5.11 Å². The second-order valence-electron chi connectivity index (χ2n) is 2.69. The lowest BCUT2D eigenvalue weighted by atomic mass is 10.3. The third-order valence-corrected chi connectivity index (χ3v) is 1.83. The molecule has 1 aliphatic heterocycles. The number of rotatable bonds is 1. The molecule has 3 nitrogen and oxygen atoms in total. The van der Waals surface area contributed by atoms with Gasteiger partial charge in [-0.3, -0.25) is 0 Å². The van der Waals surface area contributed by atoms with Gasteiger partial charge in [-0.1, -0.05) is 18.2 Å². The number of aliphatic hydroxyl groups is 1. The molecular formula is C9H10N2O. The summed E-state index contributed by atoms with van der Waals surface area (Å²) in [5.41, 5.74) is 0.929. The molecule has 1 N–H and O–H groups in total. The fourth-order valence-electron chi connectivity index (χ4n) is 1.23. The van der Waals surface area contributed by atoms with Crippen LogP contribution in [0.4, 0.5) is 5.69 Å². The largest absolute Gasteiger partial charge is 0.371 e. The first kappa shape index (κ1) is 7.31. The number of hydrogen-bond donors (Lipinski definition) is 1. The molecule has 0 saturated carbocycles. The minimum absolute atomic E-state index is 0.493. The van der Waals surface area contributed by atoms with Crippen molar-refractivity contribution in [2.45, 2.75) is 12.6 Å². The van der Waals surface area contributed by atoms with E-state index >= 15 is 0 Å². The van der Waals surface area contributed by atoms with Crippen LogP contribution in [0.2, 0.25) is 0 Å². The number of benzene rings is 1. The zero-order chi connectivity index (χ0) is 8.39. The zero-order valence-electron chi connectivity index (χ0n) is 6.59. The van der Waals surface area contributed by atoms with Crippen LogP contribution in [0.15, 0.2) is 35.4 Å². The van der Waals surface area contributed by atoms with E-state index in [0.717, 1.165) is 5.69 Å². The highest BCUT2D eigenvalue weighted by Gasteiger charge is 2.18. The van der Waals surface area contributed by atoms with E-state index in [1.54, 1.807) is 11.2 Å². The molecule has 3 heteroatoms. The van der Waals surface area contributed by atoms with Crippen molar-refractivity contribution in [2.24, 2.45) is 5.10 Å². The summed E-state index contributed by atoms with van der Waals surface area (Å²) in [5, 5.41) is 15.1. The van der Waals surface area contributed by atoms with Crippen molar-refractivity contribution in [3.8, 4) is 0 Å². The van der Waals surface area contributed by atoms with Gasteiger partial charge in [-0.2, -0.15) is 5.10 Å². The summed E-state index contributed by atoms with van der Waals surface area (Å²) in [7, 11) is 0. The molecule has 0 radical (unpaired) electrons. The van der Waals surface area contributed by atoms with E-state index in [-0.39, 0.29) is 0 Å². The van der Waals surface area contributed by atoms with Gasteiger partial charge >= 0.3 is 0 Å². The third-order valence-electron chi connectivity index (χ3n) is 1.83. The van der Waals surface area contributed by atoms with Gasteiger partial charge in [0.25, 0.3) is 0 Å². The van der Waals surface area contributed by atoms with Gasteiger partial charge in [0.2, 0.25) is 0 Å². The van der Waals surface area contributed by atoms with Gasteiger partial charge in [-0.15, -0.1) is 0 Å². The van der Waals surface area contributed by atoms with Crippen molar-refractivity contribution in [2.75, 3.05) is 5.01 Å².